The van der Waals surface area contributed by atoms with Gasteiger partial charge in [0, 0.05) is 0 Å². The number of aryl methyl sites for hydroxylation is 1. The van der Waals surface area contributed by atoms with E-state index in [0.29, 0.717) is 10.8 Å². The lowest BCUT2D eigenvalue weighted by molar-refractivity contribution is 0.590. The second-order valence-corrected chi connectivity index (χ2v) is 8.84. The van der Waals surface area contributed by atoms with E-state index in [-0.39, 0.29) is 0 Å². The molecule has 0 spiro atoms. The standard InChI is InChI=1S/C22H28O2S/c1-5-7-8-18-9-15-21(16-10-18)25(23,24)22(6-2)20-13-11-19(12-14-20)17(3)4/h6,9-17,22H,2,5,7-8H2,1,3-4H3. The molecule has 0 aromatic heterocycles. The fourth-order valence-electron chi connectivity index (χ4n) is 2.89. The quantitative estimate of drug-likeness (QED) is 0.556. The minimum absolute atomic E-state index is 0.352. The highest BCUT2D eigenvalue weighted by Crippen LogP contribution is 2.31. The van der Waals surface area contributed by atoms with Crippen LogP contribution in [0.25, 0.3) is 0 Å². The maximum absolute atomic E-state index is 13.0. The molecule has 2 aromatic rings. The second-order valence-electron chi connectivity index (χ2n) is 6.77. The Labute approximate surface area is 152 Å². The zero-order valence-corrected chi connectivity index (χ0v) is 16.2. The van der Waals surface area contributed by atoms with Gasteiger partial charge in [-0.1, -0.05) is 69.7 Å². The summed E-state index contributed by atoms with van der Waals surface area (Å²) in [5, 5.41) is -0.727. The Hall–Kier alpha value is -1.87. The van der Waals surface area contributed by atoms with Crippen LogP contribution < -0.4 is 0 Å². The number of hydrogen-bond acceptors (Lipinski definition) is 2. The lowest BCUT2D eigenvalue weighted by Gasteiger charge is -2.16. The van der Waals surface area contributed by atoms with E-state index in [1.807, 2.05) is 36.4 Å². The van der Waals surface area contributed by atoms with Gasteiger partial charge in [0.05, 0.1) is 4.90 Å². The second kappa shape index (κ2) is 8.48. The molecule has 1 unspecified atom stereocenters. The van der Waals surface area contributed by atoms with Crippen LogP contribution in [0, 0.1) is 0 Å². The summed E-state index contributed by atoms with van der Waals surface area (Å²) in [7, 11) is -3.49. The lowest BCUT2D eigenvalue weighted by atomic mass is 10.0. The van der Waals surface area contributed by atoms with Crippen LogP contribution in [-0.2, 0) is 16.3 Å². The van der Waals surface area contributed by atoms with Crippen molar-refractivity contribution in [2.24, 2.45) is 0 Å². The minimum atomic E-state index is -3.49. The van der Waals surface area contributed by atoms with Crippen LogP contribution in [0.4, 0.5) is 0 Å². The summed E-state index contributed by atoms with van der Waals surface area (Å²) < 4.78 is 26.1. The molecule has 0 fully saturated rings. The molecule has 0 aliphatic heterocycles. The highest BCUT2D eigenvalue weighted by Gasteiger charge is 2.26. The Morgan fingerprint density at radius 2 is 1.52 bits per heavy atom. The number of unbranched alkanes of at least 4 members (excludes halogenated alkanes) is 1. The molecule has 0 bridgehead atoms. The van der Waals surface area contributed by atoms with Crippen molar-refractivity contribution in [1.29, 1.82) is 0 Å². The molecule has 0 aliphatic carbocycles. The summed E-state index contributed by atoms with van der Waals surface area (Å²) in [6.45, 7) is 10.2. The summed E-state index contributed by atoms with van der Waals surface area (Å²) in [5.74, 6) is 0.420. The average molecular weight is 357 g/mol. The molecule has 25 heavy (non-hydrogen) atoms. The van der Waals surface area contributed by atoms with Crippen LogP contribution in [0.3, 0.4) is 0 Å². The largest absolute Gasteiger partial charge is 0.223 e. The fraction of sp³-hybridized carbons (Fsp3) is 0.364. The lowest BCUT2D eigenvalue weighted by Crippen LogP contribution is -2.12. The van der Waals surface area contributed by atoms with Gasteiger partial charge in [-0.3, -0.25) is 0 Å². The molecular formula is C22H28O2S. The van der Waals surface area contributed by atoms with E-state index < -0.39 is 15.1 Å². The van der Waals surface area contributed by atoms with E-state index in [1.54, 1.807) is 12.1 Å². The van der Waals surface area contributed by atoms with Gasteiger partial charge in [-0.25, -0.2) is 8.42 Å². The topological polar surface area (TPSA) is 34.1 Å². The third-order valence-electron chi connectivity index (χ3n) is 4.55. The Morgan fingerprint density at radius 1 is 0.960 bits per heavy atom. The molecule has 3 heteroatoms. The molecule has 0 saturated heterocycles. The van der Waals surface area contributed by atoms with Crippen molar-refractivity contribution < 1.29 is 8.42 Å². The normalized spacial score (nSPS) is 13.0. The molecule has 2 rings (SSSR count). The summed E-state index contributed by atoms with van der Waals surface area (Å²) in [4.78, 5) is 0.352. The smallest absolute Gasteiger partial charge is 0.188 e. The maximum atomic E-state index is 13.0. The predicted octanol–water partition coefficient (Wildman–Crippen LogP) is 5.85. The van der Waals surface area contributed by atoms with Gasteiger partial charge in [-0.15, -0.1) is 6.58 Å². The molecule has 0 N–H and O–H groups in total. The van der Waals surface area contributed by atoms with Crippen molar-refractivity contribution >= 4 is 9.84 Å². The highest BCUT2D eigenvalue weighted by molar-refractivity contribution is 7.91. The van der Waals surface area contributed by atoms with Gasteiger partial charge < -0.3 is 0 Å². The van der Waals surface area contributed by atoms with Crippen LogP contribution in [0.15, 0.2) is 66.1 Å². The third-order valence-corrected chi connectivity index (χ3v) is 6.61. The number of sulfone groups is 1. The number of hydrogen-bond donors (Lipinski definition) is 0. The van der Waals surface area contributed by atoms with Gasteiger partial charge in [0.1, 0.15) is 5.25 Å². The van der Waals surface area contributed by atoms with Gasteiger partial charge in [0.2, 0.25) is 0 Å². The summed E-state index contributed by atoms with van der Waals surface area (Å²) in [6.07, 6.45) is 4.75. The highest BCUT2D eigenvalue weighted by atomic mass is 32.2. The first-order valence-electron chi connectivity index (χ1n) is 8.95. The molecule has 134 valence electrons. The minimum Gasteiger partial charge on any atom is -0.223 e. The predicted molar refractivity (Wildman–Crippen MR) is 106 cm³/mol. The summed E-state index contributed by atoms with van der Waals surface area (Å²) >= 11 is 0. The van der Waals surface area contributed by atoms with E-state index in [4.69, 9.17) is 0 Å². The first-order chi connectivity index (χ1) is 11.9. The molecule has 0 amide bonds. The van der Waals surface area contributed by atoms with Crippen LogP contribution in [0.2, 0.25) is 0 Å². The SMILES string of the molecule is C=CC(c1ccc(C(C)C)cc1)S(=O)(=O)c1ccc(CCCC)cc1. The van der Waals surface area contributed by atoms with Crippen molar-refractivity contribution in [2.45, 2.75) is 56.1 Å². The summed E-state index contributed by atoms with van der Waals surface area (Å²) in [6, 6.07) is 15.1. The number of rotatable bonds is 8. The van der Waals surface area contributed by atoms with E-state index in [0.717, 1.165) is 24.8 Å². The molecule has 1 atom stereocenters. The van der Waals surface area contributed by atoms with E-state index in [9.17, 15) is 8.42 Å². The van der Waals surface area contributed by atoms with E-state index in [2.05, 4.69) is 27.4 Å². The Balaban J connectivity index is 2.30. The zero-order valence-electron chi connectivity index (χ0n) is 15.4. The molecule has 0 saturated carbocycles. The van der Waals surface area contributed by atoms with Crippen molar-refractivity contribution in [3.63, 3.8) is 0 Å². The maximum Gasteiger partial charge on any atom is 0.188 e. The van der Waals surface area contributed by atoms with Crippen molar-refractivity contribution in [1.82, 2.24) is 0 Å². The average Bonchev–Trinajstić information content (AvgIpc) is 2.61. The first kappa shape index (κ1) is 19.5. The third kappa shape index (κ3) is 4.60. The van der Waals surface area contributed by atoms with Crippen LogP contribution >= 0.6 is 0 Å². The molecule has 0 aliphatic rings. The van der Waals surface area contributed by atoms with Crippen molar-refractivity contribution in [2.75, 3.05) is 0 Å². The van der Waals surface area contributed by atoms with Gasteiger partial charge in [-0.2, -0.15) is 0 Å². The van der Waals surface area contributed by atoms with Crippen molar-refractivity contribution in [3.05, 3.63) is 77.9 Å². The van der Waals surface area contributed by atoms with Crippen LogP contribution in [0.1, 0.15) is 61.5 Å². The Morgan fingerprint density at radius 3 is 2.00 bits per heavy atom. The molecular weight excluding hydrogens is 328 g/mol. The molecule has 0 radical (unpaired) electrons. The Kier molecular flexibility index (Phi) is 6.60. The Bertz CT molecular complexity index is 785. The van der Waals surface area contributed by atoms with Crippen molar-refractivity contribution in [3.8, 4) is 0 Å². The van der Waals surface area contributed by atoms with Gasteiger partial charge in [0.25, 0.3) is 0 Å². The van der Waals surface area contributed by atoms with Crippen LogP contribution in [0.5, 0.6) is 0 Å². The van der Waals surface area contributed by atoms with Crippen LogP contribution in [-0.4, -0.2) is 8.42 Å². The summed E-state index contributed by atoms with van der Waals surface area (Å²) in [5.41, 5.74) is 3.14. The first-order valence-corrected chi connectivity index (χ1v) is 10.5. The fourth-order valence-corrected chi connectivity index (χ4v) is 4.46. The zero-order chi connectivity index (χ0) is 18.4. The molecule has 2 aromatic carbocycles. The number of benzene rings is 2. The monoisotopic (exact) mass is 356 g/mol. The van der Waals surface area contributed by atoms with E-state index in [1.165, 1.54) is 17.2 Å². The molecule has 0 heterocycles. The van der Waals surface area contributed by atoms with Gasteiger partial charge in [0.15, 0.2) is 9.84 Å². The molecule has 2 nitrogen and oxygen atoms in total. The van der Waals surface area contributed by atoms with Gasteiger partial charge in [-0.05, 0) is 47.6 Å². The van der Waals surface area contributed by atoms with E-state index >= 15 is 0 Å². The van der Waals surface area contributed by atoms with Gasteiger partial charge >= 0.3 is 0 Å².